The third-order valence-electron chi connectivity index (χ3n) is 1.85. The number of esters is 1. The Labute approximate surface area is 90.7 Å². The summed E-state index contributed by atoms with van der Waals surface area (Å²) in [5.41, 5.74) is 1.56. The molecule has 15 heavy (non-hydrogen) atoms. The van der Waals surface area contributed by atoms with Crippen molar-refractivity contribution in [3.8, 4) is 5.75 Å². The lowest BCUT2D eigenvalue weighted by molar-refractivity contribution is -0.139. The van der Waals surface area contributed by atoms with Gasteiger partial charge in [0.25, 0.3) is 0 Å². The first-order chi connectivity index (χ1) is 7.13. The van der Waals surface area contributed by atoms with Crippen LogP contribution in [0.25, 0.3) is 0 Å². The Morgan fingerprint density at radius 3 is 2.47 bits per heavy atom. The van der Waals surface area contributed by atoms with E-state index in [1.807, 2.05) is 13.8 Å². The van der Waals surface area contributed by atoms with Crippen molar-refractivity contribution >= 4 is 5.97 Å². The molecule has 0 amide bonds. The predicted molar refractivity (Wildman–Crippen MR) is 59.9 cm³/mol. The molecule has 3 nitrogen and oxygen atoms in total. The van der Waals surface area contributed by atoms with E-state index in [1.54, 1.807) is 25.1 Å². The number of carbonyl (C=O) groups is 1. The second kappa shape index (κ2) is 6.87. The number of phenolic OH excluding ortho intramolecular Hbond substituents is 1. The summed E-state index contributed by atoms with van der Waals surface area (Å²) >= 11 is 0. The number of aromatic hydroxyl groups is 1. The van der Waals surface area contributed by atoms with E-state index in [-0.39, 0.29) is 18.1 Å². The maximum atomic E-state index is 10.9. The van der Waals surface area contributed by atoms with Crippen LogP contribution in [-0.4, -0.2) is 18.2 Å². The monoisotopic (exact) mass is 210 g/mol. The van der Waals surface area contributed by atoms with Crippen LogP contribution in [0.1, 0.15) is 25.0 Å². The van der Waals surface area contributed by atoms with E-state index in [0.29, 0.717) is 0 Å². The summed E-state index contributed by atoms with van der Waals surface area (Å²) in [4.78, 5) is 10.9. The fourth-order valence-electron chi connectivity index (χ4n) is 1.00. The molecule has 1 aromatic rings. The average molecular weight is 210 g/mol. The van der Waals surface area contributed by atoms with Crippen LogP contribution in [0.3, 0.4) is 0 Å². The highest BCUT2D eigenvalue weighted by Crippen LogP contribution is 2.17. The Morgan fingerprint density at radius 1 is 1.40 bits per heavy atom. The number of phenols is 1. The highest BCUT2D eigenvalue weighted by atomic mass is 16.5. The molecular weight excluding hydrogens is 192 g/mol. The maximum absolute atomic E-state index is 10.9. The Kier molecular flexibility index (Phi) is 6.18. The Bertz CT molecular complexity index is 319. The van der Waals surface area contributed by atoms with Gasteiger partial charge in [0, 0.05) is 0 Å². The number of ether oxygens (including phenoxy) is 1. The molecule has 0 bridgehead atoms. The van der Waals surface area contributed by atoms with Crippen molar-refractivity contribution in [2.45, 2.75) is 27.2 Å². The average Bonchev–Trinajstić information content (AvgIpc) is 2.26. The first-order valence-electron chi connectivity index (χ1n) is 4.99. The van der Waals surface area contributed by atoms with Gasteiger partial charge in [0.1, 0.15) is 5.75 Å². The van der Waals surface area contributed by atoms with Gasteiger partial charge in [-0.25, -0.2) is 0 Å². The van der Waals surface area contributed by atoms with Crippen molar-refractivity contribution in [2.75, 3.05) is 7.11 Å². The van der Waals surface area contributed by atoms with Crippen LogP contribution in [-0.2, 0) is 16.0 Å². The van der Waals surface area contributed by atoms with Crippen LogP contribution >= 0.6 is 0 Å². The molecule has 0 fully saturated rings. The Hall–Kier alpha value is -1.51. The van der Waals surface area contributed by atoms with Crippen LogP contribution in [0.4, 0.5) is 0 Å². The number of rotatable bonds is 2. The molecule has 0 aliphatic carbocycles. The molecule has 0 heterocycles. The van der Waals surface area contributed by atoms with Crippen LogP contribution in [0, 0.1) is 6.92 Å². The topological polar surface area (TPSA) is 46.5 Å². The van der Waals surface area contributed by atoms with Crippen molar-refractivity contribution in [1.82, 2.24) is 0 Å². The molecule has 0 saturated carbocycles. The van der Waals surface area contributed by atoms with E-state index in [1.165, 1.54) is 7.11 Å². The Balaban J connectivity index is 0.000000921. The van der Waals surface area contributed by atoms with Gasteiger partial charge in [-0.2, -0.15) is 0 Å². The molecule has 0 saturated heterocycles. The van der Waals surface area contributed by atoms with Gasteiger partial charge in [-0.05, 0) is 24.1 Å². The molecule has 0 unspecified atom stereocenters. The lowest BCUT2D eigenvalue weighted by Crippen LogP contribution is -2.04. The molecule has 1 N–H and O–H groups in total. The van der Waals surface area contributed by atoms with Gasteiger partial charge in [-0.15, -0.1) is 0 Å². The number of aryl methyl sites for hydroxylation is 1. The van der Waals surface area contributed by atoms with Gasteiger partial charge >= 0.3 is 5.97 Å². The van der Waals surface area contributed by atoms with Crippen molar-refractivity contribution in [2.24, 2.45) is 0 Å². The molecule has 0 aliphatic rings. The molecule has 0 aliphatic heterocycles. The first-order valence-corrected chi connectivity index (χ1v) is 4.99. The zero-order valence-electron chi connectivity index (χ0n) is 9.70. The van der Waals surface area contributed by atoms with Crippen LogP contribution in [0.15, 0.2) is 18.2 Å². The third-order valence-corrected chi connectivity index (χ3v) is 1.85. The number of hydrogen-bond donors (Lipinski definition) is 1. The fourth-order valence-corrected chi connectivity index (χ4v) is 1.00. The van der Waals surface area contributed by atoms with Gasteiger partial charge in [0.05, 0.1) is 13.5 Å². The summed E-state index contributed by atoms with van der Waals surface area (Å²) in [6.45, 7) is 5.80. The molecule has 0 spiro atoms. The summed E-state index contributed by atoms with van der Waals surface area (Å²) in [6.07, 6.45) is 0.199. The number of benzene rings is 1. The van der Waals surface area contributed by atoms with Gasteiger partial charge in [-0.3, -0.25) is 4.79 Å². The van der Waals surface area contributed by atoms with E-state index in [2.05, 4.69) is 4.74 Å². The SMILES string of the molecule is CC.COC(=O)Cc1ccc(C)c(O)c1. The molecule has 0 radical (unpaired) electrons. The second-order valence-corrected chi connectivity index (χ2v) is 2.87. The van der Waals surface area contributed by atoms with Gasteiger partial charge in [-0.1, -0.05) is 26.0 Å². The van der Waals surface area contributed by atoms with Gasteiger partial charge in [0.2, 0.25) is 0 Å². The van der Waals surface area contributed by atoms with E-state index < -0.39 is 0 Å². The van der Waals surface area contributed by atoms with E-state index >= 15 is 0 Å². The Morgan fingerprint density at radius 2 is 2.00 bits per heavy atom. The summed E-state index contributed by atoms with van der Waals surface area (Å²) in [6, 6.07) is 5.14. The fraction of sp³-hybridized carbons (Fsp3) is 0.417. The van der Waals surface area contributed by atoms with Crippen LogP contribution in [0.5, 0.6) is 5.75 Å². The first kappa shape index (κ1) is 13.5. The zero-order chi connectivity index (χ0) is 11.8. The van der Waals surface area contributed by atoms with Crippen molar-refractivity contribution in [1.29, 1.82) is 0 Å². The normalized spacial score (nSPS) is 8.80. The summed E-state index contributed by atoms with van der Waals surface area (Å²) in [5.74, 6) is -0.0929. The minimum Gasteiger partial charge on any atom is -0.508 e. The van der Waals surface area contributed by atoms with Gasteiger partial charge < -0.3 is 9.84 Å². The molecule has 1 rings (SSSR count). The van der Waals surface area contributed by atoms with E-state index in [4.69, 9.17) is 0 Å². The molecule has 84 valence electrons. The van der Waals surface area contributed by atoms with Crippen LogP contribution < -0.4 is 0 Å². The summed E-state index contributed by atoms with van der Waals surface area (Å²) in [5, 5.41) is 9.33. The molecule has 1 aromatic carbocycles. The number of hydrogen-bond acceptors (Lipinski definition) is 3. The highest BCUT2D eigenvalue weighted by molar-refractivity contribution is 5.72. The van der Waals surface area contributed by atoms with Crippen molar-refractivity contribution < 1.29 is 14.6 Å². The van der Waals surface area contributed by atoms with Crippen LogP contribution in [0.2, 0.25) is 0 Å². The van der Waals surface area contributed by atoms with Crippen molar-refractivity contribution in [3.05, 3.63) is 29.3 Å². The molecule has 0 atom stereocenters. The molecular formula is C12H18O3. The highest BCUT2D eigenvalue weighted by Gasteiger charge is 2.04. The lowest BCUT2D eigenvalue weighted by atomic mass is 10.1. The number of methoxy groups -OCH3 is 1. The second-order valence-electron chi connectivity index (χ2n) is 2.87. The van der Waals surface area contributed by atoms with Gasteiger partial charge in [0.15, 0.2) is 0 Å². The zero-order valence-corrected chi connectivity index (χ0v) is 9.70. The summed E-state index contributed by atoms with van der Waals surface area (Å²) in [7, 11) is 1.34. The maximum Gasteiger partial charge on any atom is 0.309 e. The molecule has 3 heteroatoms. The minimum absolute atomic E-state index is 0.199. The van der Waals surface area contributed by atoms with E-state index in [0.717, 1.165) is 11.1 Å². The standard InChI is InChI=1S/C10H12O3.C2H6/c1-7-3-4-8(5-9(7)11)6-10(12)13-2;1-2/h3-5,11H,6H2,1-2H3;1-2H3. The quantitative estimate of drug-likeness (QED) is 0.763. The van der Waals surface area contributed by atoms with E-state index in [9.17, 15) is 9.90 Å². The predicted octanol–water partition coefficient (Wildman–Crippen LogP) is 2.44. The number of carbonyl (C=O) groups excluding carboxylic acids is 1. The third kappa shape index (κ3) is 4.49. The summed E-state index contributed by atoms with van der Waals surface area (Å²) < 4.78 is 4.50. The molecule has 0 aromatic heterocycles. The smallest absolute Gasteiger partial charge is 0.309 e. The minimum atomic E-state index is -0.303. The largest absolute Gasteiger partial charge is 0.508 e. The lowest BCUT2D eigenvalue weighted by Gasteiger charge is -2.02. The van der Waals surface area contributed by atoms with Crippen molar-refractivity contribution in [3.63, 3.8) is 0 Å².